The summed E-state index contributed by atoms with van der Waals surface area (Å²) in [5.74, 6) is -0.810. The first-order valence-electron chi connectivity index (χ1n) is 7.07. The van der Waals surface area contributed by atoms with Gasteiger partial charge in [0.25, 0.3) is 0 Å². The van der Waals surface area contributed by atoms with Crippen LogP contribution < -0.4 is 5.73 Å². The molecule has 0 fully saturated rings. The lowest BCUT2D eigenvalue weighted by Gasteiger charge is -2.28. The van der Waals surface area contributed by atoms with Gasteiger partial charge in [0.05, 0.1) is 0 Å². The molecule has 1 aromatic carbocycles. The second kappa shape index (κ2) is 7.29. The molecule has 3 N–H and O–H groups in total. The summed E-state index contributed by atoms with van der Waals surface area (Å²) < 4.78 is 0. The number of aryl methyl sites for hydroxylation is 1. The minimum Gasteiger partial charge on any atom is -0.481 e. The molecule has 1 aromatic rings. The molecule has 0 aliphatic heterocycles. The quantitative estimate of drug-likeness (QED) is 0.708. The van der Waals surface area contributed by atoms with E-state index in [2.05, 4.69) is 6.92 Å². The van der Waals surface area contributed by atoms with E-state index in [0.29, 0.717) is 6.42 Å². The molecule has 0 saturated carbocycles. The van der Waals surface area contributed by atoms with Gasteiger partial charge in [-0.15, -0.1) is 0 Å². The summed E-state index contributed by atoms with van der Waals surface area (Å²) in [5.41, 5.74) is 6.84. The van der Waals surface area contributed by atoms with Crippen LogP contribution in [-0.4, -0.2) is 17.6 Å². The summed E-state index contributed by atoms with van der Waals surface area (Å²) in [4.78, 5) is 11.7. The maximum Gasteiger partial charge on any atom is 0.315 e. The topological polar surface area (TPSA) is 63.3 Å². The van der Waals surface area contributed by atoms with Crippen LogP contribution in [0.4, 0.5) is 0 Å². The number of hydrogen-bond donors (Lipinski definition) is 2. The van der Waals surface area contributed by atoms with E-state index in [9.17, 15) is 9.90 Å². The van der Waals surface area contributed by atoms with Crippen molar-refractivity contribution in [2.24, 2.45) is 5.73 Å². The molecule has 0 amide bonds. The Balaban J connectivity index is 2.91. The van der Waals surface area contributed by atoms with E-state index in [1.165, 1.54) is 0 Å². The van der Waals surface area contributed by atoms with Gasteiger partial charge in [0.15, 0.2) is 0 Å². The SMILES string of the molecule is CCCCCCC(CN)(C(=O)O)c1ccc(C)cc1. The largest absolute Gasteiger partial charge is 0.481 e. The van der Waals surface area contributed by atoms with Gasteiger partial charge in [-0.3, -0.25) is 4.79 Å². The van der Waals surface area contributed by atoms with Gasteiger partial charge >= 0.3 is 5.97 Å². The van der Waals surface area contributed by atoms with Crippen molar-refractivity contribution in [3.05, 3.63) is 35.4 Å². The van der Waals surface area contributed by atoms with Crippen LogP contribution in [-0.2, 0) is 10.2 Å². The zero-order valence-corrected chi connectivity index (χ0v) is 12.0. The van der Waals surface area contributed by atoms with Crippen LogP contribution in [0, 0.1) is 6.92 Å². The van der Waals surface area contributed by atoms with Gasteiger partial charge in [0.2, 0.25) is 0 Å². The second-order valence-corrected chi connectivity index (χ2v) is 5.27. The first kappa shape index (κ1) is 15.7. The van der Waals surface area contributed by atoms with Gasteiger partial charge in [-0.2, -0.15) is 0 Å². The maximum atomic E-state index is 11.7. The van der Waals surface area contributed by atoms with Crippen LogP contribution in [0.3, 0.4) is 0 Å². The van der Waals surface area contributed by atoms with Crippen molar-refractivity contribution in [2.45, 2.75) is 51.4 Å². The number of carbonyl (C=O) groups is 1. The fourth-order valence-corrected chi connectivity index (χ4v) is 2.41. The Morgan fingerprint density at radius 2 is 1.84 bits per heavy atom. The van der Waals surface area contributed by atoms with Gasteiger partial charge in [0.1, 0.15) is 5.41 Å². The third-order valence-corrected chi connectivity index (χ3v) is 3.82. The molecular formula is C16H25NO2. The highest BCUT2D eigenvalue weighted by Gasteiger charge is 2.38. The molecule has 1 rings (SSSR count). The predicted octanol–water partition coefficient (Wildman–Crippen LogP) is 3.25. The zero-order chi connectivity index (χ0) is 14.3. The Morgan fingerprint density at radius 3 is 2.32 bits per heavy atom. The molecule has 0 spiro atoms. The Labute approximate surface area is 115 Å². The van der Waals surface area contributed by atoms with E-state index >= 15 is 0 Å². The molecule has 0 aromatic heterocycles. The predicted molar refractivity (Wildman–Crippen MR) is 78.3 cm³/mol. The molecule has 19 heavy (non-hydrogen) atoms. The Morgan fingerprint density at radius 1 is 1.21 bits per heavy atom. The molecular weight excluding hydrogens is 238 g/mol. The minimum absolute atomic E-state index is 0.150. The molecule has 3 heteroatoms. The molecule has 106 valence electrons. The average molecular weight is 263 g/mol. The smallest absolute Gasteiger partial charge is 0.315 e. The van der Waals surface area contributed by atoms with Crippen LogP contribution in [0.2, 0.25) is 0 Å². The van der Waals surface area contributed by atoms with E-state index in [1.807, 2.05) is 31.2 Å². The van der Waals surface area contributed by atoms with Gasteiger partial charge in [-0.25, -0.2) is 0 Å². The minimum atomic E-state index is -0.929. The summed E-state index contributed by atoms with van der Waals surface area (Å²) in [6.45, 7) is 4.29. The number of carboxylic acid groups (broad SMARTS) is 1. The number of rotatable bonds is 8. The third-order valence-electron chi connectivity index (χ3n) is 3.82. The van der Waals surface area contributed by atoms with Crippen molar-refractivity contribution >= 4 is 5.97 Å². The number of aliphatic carboxylic acids is 1. The van der Waals surface area contributed by atoms with Crippen molar-refractivity contribution in [1.29, 1.82) is 0 Å². The Bertz CT molecular complexity index is 400. The van der Waals surface area contributed by atoms with Crippen LogP contribution in [0.5, 0.6) is 0 Å². The van der Waals surface area contributed by atoms with Crippen LogP contribution in [0.25, 0.3) is 0 Å². The number of hydrogen-bond acceptors (Lipinski definition) is 2. The fraction of sp³-hybridized carbons (Fsp3) is 0.562. The first-order chi connectivity index (χ1) is 9.06. The second-order valence-electron chi connectivity index (χ2n) is 5.27. The summed E-state index contributed by atoms with van der Waals surface area (Å²) in [7, 11) is 0. The lowest BCUT2D eigenvalue weighted by atomic mass is 9.76. The average Bonchev–Trinajstić information content (AvgIpc) is 2.40. The first-order valence-corrected chi connectivity index (χ1v) is 7.07. The highest BCUT2D eigenvalue weighted by Crippen LogP contribution is 2.30. The molecule has 0 heterocycles. The van der Waals surface area contributed by atoms with Gasteiger partial charge in [-0.05, 0) is 18.9 Å². The van der Waals surface area contributed by atoms with E-state index in [4.69, 9.17) is 5.73 Å². The standard InChI is InChI=1S/C16H25NO2/c1-3-4-5-6-11-16(12-17,15(18)19)14-9-7-13(2)8-10-14/h7-10H,3-6,11-12,17H2,1-2H3,(H,18,19). The van der Waals surface area contributed by atoms with Gasteiger partial charge in [0, 0.05) is 6.54 Å². The van der Waals surface area contributed by atoms with Crippen molar-refractivity contribution in [1.82, 2.24) is 0 Å². The molecule has 0 aliphatic carbocycles. The van der Waals surface area contributed by atoms with Crippen molar-refractivity contribution in [3.63, 3.8) is 0 Å². The highest BCUT2D eigenvalue weighted by molar-refractivity contribution is 5.81. The number of carboxylic acids is 1. The van der Waals surface area contributed by atoms with Crippen molar-refractivity contribution in [3.8, 4) is 0 Å². The van der Waals surface area contributed by atoms with Gasteiger partial charge in [-0.1, -0.05) is 62.4 Å². The van der Waals surface area contributed by atoms with Crippen molar-refractivity contribution in [2.75, 3.05) is 6.54 Å². The van der Waals surface area contributed by atoms with Crippen LogP contribution >= 0.6 is 0 Å². The van der Waals surface area contributed by atoms with Gasteiger partial charge < -0.3 is 10.8 Å². The lowest BCUT2D eigenvalue weighted by molar-refractivity contribution is -0.143. The molecule has 1 unspecified atom stereocenters. The molecule has 0 aliphatic rings. The zero-order valence-electron chi connectivity index (χ0n) is 12.0. The molecule has 0 saturated heterocycles. The summed E-state index contributed by atoms with van der Waals surface area (Å²) in [6, 6.07) is 7.70. The fourth-order valence-electron chi connectivity index (χ4n) is 2.41. The summed E-state index contributed by atoms with van der Waals surface area (Å²) in [5, 5.41) is 9.62. The number of benzene rings is 1. The summed E-state index contributed by atoms with van der Waals surface area (Å²) in [6.07, 6.45) is 4.88. The maximum absolute atomic E-state index is 11.7. The van der Waals surface area contributed by atoms with Crippen LogP contribution in [0.1, 0.15) is 50.2 Å². The molecule has 0 bridgehead atoms. The molecule has 1 atom stereocenters. The number of unbranched alkanes of at least 4 members (excludes halogenated alkanes) is 3. The Hall–Kier alpha value is -1.35. The number of nitrogens with two attached hydrogens (primary N) is 1. The van der Waals surface area contributed by atoms with Crippen LogP contribution in [0.15, 0.2) is 24.3 Å². The van der Waals surface area contributed by atoms with Crippen molar-refractivity contribution < 1.29 is 9.90 Å². The van der Waals surface area contributed by atoms with E-state index < -0.39 is 11.4 Å². The Kier molecular flexibility index (Phi) is 6.03. The molecule has 3 nitrogen and oxygen atoms in total. The molecule has 0 radical (unpaired) electrons. The third kappa shape index (κ3) is 3.80. The highest BCUT2D eigenvalue weighted by atomic mass is 16.4. The summed E-state index contributed by atoms with van der Waals surface area (Å²) >= 11 is 0. The normalized spacial score (nSPS) is 14.1. The van der Waals surface area contributed by atoms with E-state index in [1.54, 1.807) is 0 Å². The van der Waals surface area contributed by atoms with E-state index in [0.717, 1.165) is 36.8 Å². The van der Waals surface area contributed by atoms with E-state index in [-0.39, 0.29) is 6.54 Å². The lowest BCUT2D eigenvalue weighted by Crippen LogP contribution is -2.43. The monoisotopic (exact) mass is 263 g/mol.